The predicted octanol–water partition coefficient (Wildman–Crippen LogP) is 1.61. The topological polar surface area (TPSA) is 92.5 Å². The summed E-state index contributed by atoms with van der Waals surface area (Å²) in [6, 6.07) is 5.04. The average Bonchev–Trinajstić information content (AvgIpc) is 2.85. The van der Waals surface area contributed by atoms with E-state index >= 15 is 0 Å². The molecule has 6 nitrogen and oxygen atoms in total. The summed E-state index contributed by atoms with van der Waals surface area (Å²) in [6.45, 7) is 1.98. The zero-order chi connectivity index (χ0) is 18.0. The molecule has 0 saturated heterocycles. The number of carbonyl (C=O) groups excluding carboxylic acids is 3. The number of carbonyl (C=O) groups is 3. The van der Waals surface area contributed by atoms with Crippen molar-refractivity contribution in [3.8, 4) is 0 Å². The first kappa shape index (κ1) is 17.6. The minimum atomic E-state index is -0.405. The van der Waals surface area contributed by atoms with Crippen molar-refractivity contribution in [1.82, 2.24) is 10.2 Å². The van der Waals surface area contributed by atoms with Gasteiger partial charge >= 0.3 is 0 Å². The summed E-state index contributed by atoms with van der Waals surface area (Å²) in [5, 5.41) is 2.93. The Morgan fingerprint density at radius 3 is 2.56 bits per heavy atom. The zero-order valence-corrected chi connectivity index (χ0v) is 14.6. The molecule has 1 saturated carbocycles. The normalized spacial score (nSPS) is 19.0. The molecule has 1 aromatic rings. The maximum absolute atomic E-state index is 12.5. The van der Waals surface area contributed by atoms with Crippen LogP contribution in [0.1, 0.15) is 58.4 Å². The Kier molecular flexibility index (Phi) is 5.18. The van der Waals surface area contributed by atoms with Gasteiger partial charge in [0.1, 0.15) is 6.54 Å². The first-order valence-corrected chi connectivity index (χ1v) is 8.97. The Morgan fingerprint density at radius 1 is 1.20 bits per heavy atom. The summed E-state index contributed by atoms with van der Waals surface area (Å²) < 4.78 is 0. The monoisotopic (exact) mass is 343 g/mol. The van der Waals surface area contributed by atoms with Gasteiger partial charge in [0.25, 0.3) is 11.8 Å². The number of nitrogens with two attached hydrogens (primary N) is 1. The third-order valence-electron chi connectivity index (χ3n) is 5.25. The molecule has 3 rings (SSSR count). The van der Waals surface area contributed by atoms with Gasteiger partial charge < -0.3 is 11.1 Å². The van der Waals surface area contributed by atoms with Crippen molar-refractivity contribution in [1.29, 1.82) is 0 Å². The fourth-order valence-electron chi connectivity index (χ4n) is 3.85. The molecule has 0 bridgehead atoms. The molecule has 1 aromatic carbocycles. The second-order valence-electron chi connectivity index (χ2n) is 7.05. The van der Waals surface area contributed by atoms with E-state index in [2.05, 4.69) is 5.32 Å². The first-order valence-electron chi connectivity index (χ1n) is 8.97. The molecule has 25 heavy (non-hydrogen) atoms. The first-order chi connectivity index (χ1) is 12.0. The number of nitrogens with zero attached hydrogens (tertiary/aromatic N) is 1. The van der Waals surface area contributed by atoms with Crippen LogP contribution in [0.2, 0.25) is 0 Å². The predicted molar refractivity (Wildman–Crippen MR) is 94.1 cm³/mol. The van der Waals surface area contributed by atoms with Gasteiger partial charge in [-0.3, -0.25) is 19.3 Å². The van der Waals surface area contributed by atoms with Crippen molar-refractivity contribution >= 4 is 17.7 Å². The van der Waals surface area contributed by atoms with Crippen LogP contribution in [0.15, 0.2) is 18.2 Å². The van der Waals surface area contributed by atoms with Gasteiger partial charge in [-0.1, -0.05) is 30.9 Å². The average molecular weight is 343 g/mol. The van der Waals surface area contributed by atoms with Crippen LogP contribution in [0.3, 0.4) is 0 Å². The van der Waals surface area contributed by atoms with Crippen LogP contribution in [-0.4, -0.2) is 41.8 Å². The minimum absolute atomic E-state index is 0.0924. The fourth-order valence-corrected chi connectivity index (χ4v) is 3.85. The van der Waals surface area contributed by atoms with Gasteiger partial charge in [-0.15, -0.1) is 0 Å². The number of rotatable bonds is 5. The molecule has 0 aromatic heterocycles. The highest BCUT2D eigenvalue weighted by molar-refractivity contribution is 6.22. The molecule has 1 fully saturated rings. The van der Waals surface area contributed by atoms with Crippen molar-refractivity contribution in [2.75, 3.05) is 13.1 Å². The van der Waals surface area contributed by atoms with Crippen molar-refractivity contribution in [3.63, 3.8) is 0 Å². The number of imide groups is 1. The quantitative estimate of drug-likeness (QED) is 0.795. The molecule has 1 unspecified atom stereocenters. The summed E-state index contributed by atoms with van der Waals surface area (Å²) in [5.74, 6) is -0.752. The molecule has 2 aliphatic rings. The van der Waals surface area contributed by atoms with Crippen LogP contribution in [0.25, 0.3) is 0 Å². The third-order valence-corrected chi connectivity index (χ3v) is 5.25. The number of aryl methyl sites for hydroxylation is 1. The molecule has 1 aliphatic heterocycles. The van der Waals surface area contributed by atoms with E-state index in [0.717, 1.165) is 36.1 Å². The smallest absolute Gasteiger partial charge is 0.262 e. The molecule has 3 N–H and O–H groups in total. The lowest BCUT2D eigenvalue weighted by Gasteiger charge is -2.30. The lowest BCUT2D eigenvalue weighted by Crippen LogP contribution is -2.49. The Morgan fingerprint density at radius 2 is 1.88 bits per heavy atom. The molecular formula is C19H25N3O3. The SMILES string of the molecule is Cc1ccc2c(c1)C(=O)N(CC(=O)NC(CN)C1CCCCC1)C2=O. The van der Waals surface area contributed by atoms with Gasteiger partial charge in [-0.05, 0) is 37.8 Å². The van der Waals surface area contributed by atoms with Crippen molar-refractivity contribution < 1.29 is 14.4 Å². The lowest BCUT2D eigenvalue weighted by atomic mass is 9.84. The summed E-state index contributed by atoms with van der Waals surface area (Å²) in [7, 11) is 0. The van der Waals surface area contributed by atoms with E-state index in [1.165, 1.54) is 6.42 Å². The molecule has 1 atom stereocenters. The molecule has 3 amide bonds. The maximum Gasteiger partial charge on any atom is 0.262 e. The van der Waals surface area contributed by atoms with Gasteiger partial charge in [0.05, 0.1) is 11.1 Å². The third kappa shape index (κ3) is 3.58. The Labute approximate surface area is 147 Å². The van der Waals surface area contributed by atoms with E-state index in [4.69, 9.17) is 5.73 Å². The van der Waals surface area contributed by atoms with Gasteiger partial charge in [0.2, 0.25) is 5.91 Å². The van der Waals surface area contributed by atoms with E-state index in [9.17, 15) is 14.4 Å². The summed E-state index contributed by atoms with van der Waals surface area (Å²) in [4.78, 5) is 38.3. The van der Waals surface area contributed by atoms with Crippen LogP contribution in [-0.2, 0) is 4.79 Å². The number of fused-ring (bicyclic) bond motifs is 1. The Balaban J connectivity index is 1.65. The van der Waals surface area contributed by atoms with E-state index in [1.807, 2.05) is 6.92 Å². The van der Waals surface area contributed by atoms with E-state index < -0.39 is 11.8 Å². The lowest BCUT2D eigenvalue weighted by molar-refractivity contribution is -0.122. The standard InChI is InChI=1S/C19H25N3O3/c1-12-7-8-14-15(9-12)19(25)22(18(14)24)11-17(23)21-16(10-20)13-5-3-2-4-6-13/h7-9,13,16H,2-6,10-11,20H2,1H3,(H,21,23). The second kappa shape index (κ2) is 7.35. The highest BCUT2D eigenvalue weighted by atomic mass is 16.2. The molecule has 1 heterocycles. The summed E-state index contributed by atoms with van der Waals surface area (Å²) in [6.07, 6.45) is 5.68. The Bertz CT molecular complexity index is 695. The van der Waals surface area contributed by atoms with E-state index in [-0.39, 0.29) is 18.5 Å². The van der Waals surface area contributed by atoms with Crippen LogP contribution in [0.4, 0.5) is 0 Å². The number of amides is 3. The van der Waals surface area contributed by atoms with E-state index in [1.54, 1.807) is 18.2 Å². The van der Waals surface area contributed by atoms with Gasteiger partial charge in [0.15, 0.2) is 0 Å². The number of benzene rings is 1. The number of hydrogen-bond acceptors (Lipinski definition) is 4. The van der Waals surface area contributed by atoms with Crippen LogP contribution in [0.5, 0.6) is 0 Å². The molecular weight excluding hydrogens is 318 g/mol. The molecule has 0 spiro atoms. The van der Waals surface area contributed by atoms with Crippen LogP contribution >= 0.6 is 0 Å². The van der Waals surface area contributed by atoms with Crippen LogP contribution in [0, 0.1) is 12.8 Å². The maximum atomic E-state index is 12.5. The van der Waals surface area contributed by atoms with Crippen molar-refractivity contribution in [2.45, 2.75) is 45.1 Å². The minimum Gasteiger partial charge on any atom is -0.350 e. The largest absolute Gasteiger partial charge is 0.350 e. The summed E-state index contributed by atoms with van der Waals surface area (Å²) in [5.41, 5.74) is 7.49. The van der Waals surface area contributed by atoms with Crippen molar-refractivity contribution in [2.24, 2.45) is 11.7 Å². The molecule has 0 radical (unpaired) electrons. The molecule has 6 heteroatoms. The van der Waals surface area contributed by atoms with E-state index in [0.29, 0.717) is 23.6 Å². The molecule has 1 aliphatic carbocycles. The second-order valence-corrected chi connectivity index (χ2v) is 7.05. The highest BCUT2D eigenvalue weighted by Crippen LogP contribution is 2.26. The van der Waals surface area contributed by atoms with Gasteiger partial charge in [-0.2, -0.15) is 0 Å². The number of hydrogen-bond donors (Lipinski definition) is 2. The van der Waals surface area contributed by atoms with Crippen molar-refractivity contribution in [3.05, 3.63) is 34.9 Å². The zero-order valence-electron chi connectivity index (χ0n) is 14.6. The summed E-state index contributed by atoms with van der Waals surface area (Å²) >= 11 is 0. The van der Waals surface area contributed by atoms with Crippen LogP contribution < -0.4 is 11.1 Å². The highest BCUT2D eigenvalue weighted by Gasteiger charge is 2.37. The fraction of sp³-hybridized carbons (Fsp3) is 0.526. The Hall–Kier alpha value is -2.21. The van der Waals surface area contributed by atoms with Gasteiger partial charge in [0, 0.05) is 12.6 Å². The van der Waals surface area contributed by atoms with Gasteiger partial charge in [-0.25, -0.2) is 0 Å². The molecule has 134 valence electrons. The number of nitrogens with one attached hydrogen (secondary N) is 1.